The predicted molar refractivity (Wildman–Crippen MR) is 46.2 cm³/mol. The maximum Gasteiger partial charge on any atom is 0.345 e. The molecule has 0 saturated carbocycles. The van der Waals surface area contributed by atoms with Gasteiger partial charge in [-0.3, -0.25) is 0 Å². The van der Waals surface area contributed by atoms with E-state index < -0.39 is 17.9 Å². The molecule has 0 radical (unpaired) electrons. The van der Waals surface area contributed by atoms with E-state index in [4.69, 9.17) is 15.3 Å². The number of hydrogen-bond donors (Lipinski definition) is 4. The van der Waals surface area contributed by atoms with Gasteiger partial charge in [0.2, 0.25) is 5.60 Å². The lowest BCUT2D eigenvalue weighted by molar-refractivity contribution is -0.210. The normalized spacial score (nSPS) is 15.1. The summed E-state index contributed by atoms with van der Waals surface area (Å²) in [5.41, 5.74) is -2.76. The number of carbonyl (C=O) groups is 1. The van der Waals surface area contributed by atoms with E-state index in [-0.39, 0.29) is 5.56 Å². The molecule has 76 valence electrons. The van der Waals surface area contributed by atoms with Gasteiger partial charge in [-0.1, -0.05) is 30.3 Å². The quantitative estimate of drug-likeness (QED) is 0.480. The molecule has 1 atom stereocenters. The number of aliphatic hydroxyl groups excluding tert-OH is 1. The minimum Gasteiger partial charge on any atom is -0.479 e. The summed E-state index contributed by atoms with van der Waals surface area (Å²) in [4.78, 5) is 10.7. The van der Waals surface area contributed by atoms with Gasteiger partial charge in [0.05, 0.1) is 0 Å². The van der Waals surface area contributed by atoms with Crippen LogP contribution in [-0.2, 0) is 10.4 Å². The fraction of sp³-hybridized carbons (Fsp3) is 0.222. The Morgan fingerprint density at radius 2 is 1.71 bits per heavy atom. The third-order valence-corrected chi connectivity index (χ3v) is 1.91. The number of carboxylic acids is 1. The first-order chi connectivity index (χ1) is 6.49. The molecule has 0 spiro atoms. The molecule has 0 heterocycles. The molecule has 4 N–H and O–H groups in total. The Morgan fingerprint density at radius 1 is 1.21 bits per heavy atom. The summed E-state index contributed by atoms with van der Waals surface area (Å²) in [5.74, 6) is -1.71. The monoisotopic (exact) mass is 198 g/mol. The molecule has 1 rings (SSSR count). The van der Waals surface area contributed by atoms with Gasteiger partial charge in [0, 0.05) is 5.56 Å². The van der Waals surface area contributed by atoms with Gasteiger partial charge in [0.1, 0.15) is 0 Å². The summed E-state index contributed by atoms with van der Waals surface area (Å²) in [7, 11) is 0. The van der Waals surface area contributed by atoms with E-state index >= 15 is 0 Å². The highest BCUT2D eigenvalue weighted by Crippen LogP contribution is 2.24. The third kappa shape index (κ3) is 1.60. The van der Waals surface area contributed by atoms with Crippen LogP contribution in [0.1, 0.15) is 5.56 Å². The highest BCUT2D eigenvalue weighted by atomic mass is 16.5. The Hall–Kier alpha value is -1.43. The van der Waals surface area contributed by atoms with Crippen LogP contribution in [0.15, 0.2) is 30.3 Å². The third-order valence-electron chi connectivity index (χ3n) is 1.91. The summed E-state index contributed by atoms with van der Waals surface area (Å²) in [6, 6.07) is 7.20. The van der Waals surface area contributed by atoms with Gasteiger partial charge in [0.25, 0.3) is 0 Å². The average molecular weight is 198 g/mol. The second kappa shape index (κ2) is 3.75. The fourth-order valence-corrected chi connectivity index (χ4v) is 1.08. The van der Waals surface area contributed by atoms with Gasteiger partial charge in [-0.05, 0) is 0 Å². The Bertz CT molecular complexity index is 321. The van der Waals surface area contributed by atoms with Gasteiger partial charge in [-0.15, -0.1) is 0 Å². The van der Waals surface area contributed by atoms with Crippen molar-refractivity contribution in [2.75, 3.05) is 0 Å². The number of hydrogen-bond acceptors (Lipinski definition) is 4. The molecule has 0 fully saturated rings. The Kier molecular flexibility index (Phi) is 2.85. The molecular weight excluding hydrogens is 188 g/mol. The molecule has 0 aliphatic heterocycles. The minimum absolute atomic E-state index is 0.0810. The molecule has 0 bridgehead atoms. The second-order valence-electron chi connectivity index (χ2n) is 2.81. The standard InChI is InChI=1S/C9H10O5/c10-7(11)9(14,8(12)13)6-4-2-1-3-5-6/h1-5,7,10-11,14H,(H,12,13). The molecule has 0 aliphatic carbocycles. The van der Waals surface area contributed by atoms with Crippen molar-refractivity contribution < 1.29 is 25.2 Å². The van der Waals surface area contributed by atoms with Gasteiger partial charge >= 0.3 is 5.97 Å². The van der Waals surface area contributed by atoms with Crippen LogP contribution in [0, 0.1) is 0 Å². The highest BCUT2D eigenvalue weighted by molar-refractivity contribution is 5.79. The molecule has 0 saturated heterocycles. The van der Waals surface area contributed by atoms with E-state index in [1.54, 1.807) is 6.07 Å². The summed E-state index contributed by atoms with van der Waals surface area (Å²) < 4.78 is 0. The van der Waals surface area contributed by atoms with Crippen LogP contribution in [0.4, 0.5) is 0 Å². The molecule has 0 amide bonds. The van der Waals surface area contributed by atoms with Gasteiger partial charge in [0.15, 0.2) is 6.29 Å². The van der Waals surface area contributed by atoms with E-state index in [0.717, 1.165) is 0 Å². The van der Waals surface area contributed by atoms with Crippen LogP contribution in [0.5, 0.6) is 0 Å². The number of aliphatic carboxylic acids is 1. The maximum absolute atomic E-state index is 10.7. The molecule has 1 unspecified atom stereocenters. The van der Waals surface area contributed by atoms with E-state index in [2.05, 4.69) is 0 Å². The molecule has 5 heteroatoms. The van der Waals surface area contributed by atoms with E-state index in [1.165, 1.54) is 24.3 Å². The van der Waals surface area contributed by atoms with Crippen LogP contribution in [0.25, 0.3) is 0 Å². The first-order valence-corrected chi connectivity index (χ1v) is 3.87. The van der Waals surface area contributed by atoms with Crippen LogP contribution in [0.3, 0.4) is 0 Å². The molecule has 5 nitrogen and oxygen atoms in total. The number of aliphatic hydroxyl groups is 3. The lowest BCUT2D eigenvalue weighted by Crippen LogP contribution is -2.46. The largest absolute Gasteiger partial charge is 0.479 e. The first kappa shape index (κ1) is 10.6. The number of rotatable bonds is 3. The van der Waals surface area contributed by atoms with Crippen molar-refractivity contribution in [1.82, 2.24) is 0 Å². The van der Waals surface area contributed by atoms with Crippen LogP contribution in [-0.4, -0.2) is 32.7 Å². The van der Waals surface area contributed by atoms with Crippen molar-refractivity contribution in [2.45, 2.75) is 11.9 Å². The second-order valence-corrected chi connectivity index (χ2v) is 2.81. The predicted octanol–water partition coefficient (Wildman–Crippen LogP) is -0.730. The Morgan fingerprint density at radius 3 is 2.07 bits per heavy atom. The zero-order valence-electron chi connectivity index (χ0n) is 7.16. The molecular formula is C9H10O5. The van der Waals surface area contributed by atoms with Crippen molar-refractivity contribution in [3.63, 3.8) is 0 Å². The van der Waals surface area contributed by atoms with E-state index in [9.17, 15) is 9.90 Å². The van der Waals surface area contributed by atoms with E-state index in [0.29, 0.717) is 0 Å². The van der Waals surface area contributed by atoms with Crippen LogP contribution in [0.2, 0.25) is 0 Å². The molecule has 1 aromatic carbocycles. The topological polar surface area (TPSA) is 98.0 Å². The molecule has 1 aromatic rings. The molecule has 0 aliphatic rings. The lowest BCUT2D eigenvalue weighted by Gasteiger charge is -2.25. The summed E-state index contributed by atoms with van der Waals surface area (Å²) >= 11 is 0. The van der Waals surface area contributed by atoms with Gasteiger partial charge < -0.3 is 20.4 Å². The highest BCUT2D eigenvalue weighted by Gasteiger charge is 2.44. The smallest absolute Gasteiger partial charge is 0.345 e. The van der Waals surface area contributed by atoms with Crippen molar-refractivity contribution in [2.24, 2.45) is 0 Å². The van der Waals surface area contributed by atoms with Gasteiger partial charge in [-0.25, -0.2) is 4.79 Å². The summed E-state index contributed by atoms with van der Waals surface area (Å²) in [6.45, 7) is 0. The summed E-state index contributed by atoms with van der Waals surface area (Å²) in [5, 5.41) is 35.9. The van der Waals surface area contributed by atoms with E-state index in [1.807, 2.05) is 0 Å². The zero-order chi connectivity index (χ0) is 10.8. The average Bonchev–Trinajstić information content (AvgIpc) is 2.17. The van der Waals surface area contributed by atoms with Crippen molar-refractivity contribution in [1.29, 1.82) is 0 Å². The number of carboxylic acid groups (broad SMARTS) is 1. The first-order valence-electron chi connectivity index (χ1n) is 3.87. The minimum atomic E-state index is -2.68. The van der Waals surface area contributed by atoms with Crippen LogP contribution >= 0.6 is 0 Å². The molecule has 14 heavy (non-hydrogen) atoms. The Labute approximate surface area is 79.9 Å². The Balaban J connectivity index is 3.20. The lowest BCUT2D eigenvalue weighted by atomic mass is 9.93. The summed E-state index contributed by atoms with van der Waals surface area (Å²) in [6.07, 6.45) is -2.37. The number of benzene rings is 1. The zero-order valence-corrected chi connectivity index (χ0v) is 7.16. The van der Waals surface area contributed by atoms with Crippen molar-refractivity contribution in [3.05, 3.63) is 35.9 Å². The van der Waals surface area contributed by atoms with Gasteiger partial charge in [-0.2, -0.15) is 0 Å². The van der Waals surface area contributed by atoms with Crippen molar-refractivity contribution in [3.8, 4) is 0 Å². The maximum atomic E-state index is 10.7. The fourth-order valence-electron chi connectivity index (χ4n) is 1.08. The van der Waals surface area contributed by atoms with Crippen molar-refractivity contribution >= 4 is 5.97 Å². The van der Waals surface area contributed by atoms with Crippen LogP contribution < -0.4 is 0 Å². The SMILES string of the molecule is O=C(O)C(O)(c1ccccc1)C(O)O. The molecule has 0 aromatic heterocycles.